The summed E-state index contributed by atoms with van der Waals surface area (Å²) in [7, 11) is 1.29. The number of ether oxygens (including phenoxy) is 1. The van der Waals surface area contributed by atoms with Crippen LogP contribution in [0.3, 0.4) is 0 Å². The van der Waals surface area contributed by atoms with Crippen molar-refractivity contribution in [3.63, 3.8) is 0 Å². The average Bonchev–Trinajstić information content (AvgIpc) is 2.47. The number of hydrogen-bond donors (Lipinski definition) is 1. The van der Waals surface area contributed by atoms with Gasteiger partial charge in [-0.05, 0) is 29.3 Å². The van der Waals surface area contributed by atoms with E-state index >= 15 is 0 Å². The maximum absolute atomic E-state index is 13.4. The van der Waals surface area contributed by atoms with Gasteiger partial charge in [0.15, 0.2) is 11.6 Å². The van der Waals surface area contributed by atoms with Crippen LogP contribution in [0.1, 0.15) is 10.4 Å². The van der Waals surface area contributed by atoms with Crippen molar-refractivity contribution in [2.75, 3.05) is 7.11 Å². The molecule has 1 N–H and O–H groups in total. The summed E-state index contributed by atoms with van der Waals surface area (Å²) in [6.07, 6.45) is 0. The van der Waals surface area contributed by atoms with E-state index in [-0.39, 0.29) is 17.0 Å². The van der Waals surface area contributed by atoms with Crippen molar-refractivity contribution in [1.82, 2.24) is 0 Å². The maximum atomic E-state index is 13.4. The topological polar surface area (TPSA) is 89.7 Å². The molecule has 2 rings (SSSR count). The van der Waals surface area contributed by atoms with Gasteiger partial charge in [-0.25, -0.2) is 9.18 Å². The Balaban J connectivity index is 2.62. The third kappa shape index (κ3) is 2.97. The molecule has 0 fully saturated rings. The molecule has 0 aliphatic carbocycles. The Kier molecular flexibility index (Phi) is 3.84. The first-order chi connectivity index (χ1) is 9.92. The van der Waals surface area contributed by atoms with E-state index in [4.69, 9.17) is 9.84 Å². The molecule has 0 atom stereocenters. The zero-order valence-corrected chi connectivity index (χ0v) is 10.9. The minimum Gasteiger partial charge on any atom is -0.494 e. The Morgan fingerprint density at radius 1 is 1.24 bits per heavy atom. The third-order valence-electron chi connectivity index (χ3n) is 2.86. The third-order valence-corrected chi connectivity index (χ3v) is 2.86. The summed E-state index contributed by atoms with van der Waals surface area (Å²) in [6.45, 7) is 0. The SMILES string of the molecule is COc1cc(-c2cc(C(=O)O)cc([N+](=O)[O-])c2)ccc1F. The Hall–Kier alpha value is -2.96. The van der Waals surface area contributed by atoms with Crippen molar-refractivity contribution in [1.29, 1.82) is 0 Å². The van der Waals surface area contributed by atoms with E-state index in [1.54, 1.807) is 0 Å². The number of carbonyl (C=O) groups is 1. The number of non-ortho nitro benzene ring substituents is 1. The summed E-state index contributed by atoms with van der Waals surface area (Å²) in [5.74, 6) is -1.89. The van der Waals surface area contributed by atoms with Crippen LogP contribution in [0.25, 0.3) is 11.1 Å². The lowest BCUT2D eigenvalue weighted by atomic mass is 10.0. The fourth-order valence-corrected chi connectivity index (χ4v) is 1.85. The van der Waals surface area contributed by atoms with Crippen LogP contribution in [0, 0.1) is 15.9 Å². The number of nitro benzene ring substituents is 1. The van der Waals surface area contributed by atoms with E-state index in [2.05, 4.69) is 0 Å². The van der Waals surface area contributed by atoms with Crippen molar-refractivity contribution in [2.24, 2.45) is 0 Å². The molecular formula is C14H10FNO5. The van der Waals surface area contributed by atoms with Gasteiger partial charge in [0, 0.05) is 12.1 Å². The summed E-state index contributed by atoms with van der Waals surface area (Å²) in [5.41, 5.74) is 0.134. The number of benzene rings is 2. The molecular weight excluding hydrogens is 281 g/mol. The lowest BCUT2D eigenvalue weighted by molar-refractivity contribution is -0.384. The standard InChI is InChI=1S/C14H10FNO5/c1-21-13-7-8(2-3-12(13)15)9-4-10(14(17)18)6-11(5-9)16(19)20/h2-7H,1H3,(H,17,18). The van der Waals surface area contributed by atoms with Crippen molar-refractivity contribution < 1.29 is 24.0 Å². The Morgan fingerprint density at radius 2 is 1.95 bits per heavy atom. The smallest absolute Gasteiger partial charge is 0.335 e. The van der Waals surface area contributed by atoms with Gasteiger partial charge in [0.05, 0.1) is 17.6 Å². The predicted molar refractivity (Wildman–Crippen MR) is 72.0 cm³/mol. The molecule has 0 radical (unpaired) electrons. The number of carboxylic acids is 1. The molecule has 0 aliphatic heterocycles. The van der Waals surface area contributed by atoms with Gasteiger partial charge in [-0.15, -0.1) is 0 Å². The van der Waals surface area contributed by atoms with Crippen LogP contribution in [0.2, 0.25) is 0 Å². The fraction of sp³-hybridized carbons (Fsp3) is 0.0714. The molecule has 21 heavy (non-hydrogen) atoms. The molecule has 0 aliphatic rings. The van der Waals surface area contributed by atoms with E-state index in [1.807, 2.05) is 0 Å². The highest BCUT2D eigenvalue weighted by Gasteiger charge is 2.15. The second kappa shape index (κ2) is 5.58. The summed E-state index contributed by atoms with van der Waals surface area (Å²) in [4.78, 5) is 21.2. The molecule has 7 heteroatoms. The Labute approximate surface area is 118 Å². The van der Waals surface area contributed by atoms with Gasteiger partial charge in [-0.2, -0.15) is 0 Å². The predicted octanol–water partition coefficient (Wildman–Crippen LogP) is 3.11. The molecule has 0 bridgehead atoms. The number of rotatable bonds is 4. The second-order valence-electron chi connectivity index (χ2n) is 4.18. The van der Waals surface area contributed by atoms with Crippen LogP contribution in [0.4, 0.5) is 10.1 Å². The summed E-state index contributed by atoms with van der Waals surface area (Å²) >= 11 is 0. The minimum atomic E-state index is -1.28. The Morgan fingerprint density at radius 3 is 2.52 bits per heavy atom. The van der Waals surface area contributed by atoms with Gasteiger partial charge in [0.2, 0.25) is 0 Å². The molecule has 0 aromatic heterocycles. The average molecular weight is 291 g/mol. The van der Waals surface area contributed by atoms with Gasteiger partial charge in [-0.1, -0.05) is 6.07 Å². The molecule has 0 saturated heterocycles. The van der Waals surface area contributed by atoms with Crippen LogP contribution < -0.4 is 4.74 Å². The summed E-state index contributed by atoms with van der Waals surface area (Å²) in [6, 6.07) is 7.35. The van der Waals surface area contributed by atoms with Crippen molar-refractivity contribution in [3.8, 4) is 16.9 Å². The normalized spacial score (nSPS) is 10.2. The molecule has 2 aromatic carbocycles. The zero-order valence-electron chi connectivity index (χ0n) is 10.9. The number of halogens is 1. The van der Waals surface area contributed by atoms with Gasteiger partial charge in [0.1, 0.15) is 0 Å². The van der Waals surface area contributed by atoms with Crippen molar-refractivity contribution in [2.45, 2.75) is 0 Å². The quantitative estimate of drug-likeness (QED) is 0.690. The van der Waals surface area contributed by atoms with Crippen LogP contribution in [0.15, 0.2) is 36.4 Å². The number of methoxy groups -OCH3 is 1. The molecule has 0 heterocycles. The highest BCUT2D eigenvalue weighted by Crippen LogP contribution is 2.30. The number of aromatic carboxylic acids is 1. The van der Waals surface area contributed by atoms with Crippen LogP contribution in [-0.2, 0) is 0 Å². The second-order valence-corrected chi connectivity index (χ2v) is 4.18. The monoisotopic (exact) mass is 291 g/mol. The lowest BCUT2D eigenvalue weighted by Gasteiger charge is -2.07. The van der Waals surface area contributed by atoms with Gasteiger partial charge in [-0.3, -0.25) is 10.1 Å². The largest absolute Gasteiger partial charge is 0.494 e. The zero-order chi connectivity index (χ0) is 15.6. The van der Waals surface area contributed by atoms with Crippen LogP contribution >= 0.6 is 0 Å². The molecule has 0 amide bonds. The molecule has 0 spiro atoms. The van der Waals surface area contributed by atoms with Gasteiger partial charge < -0.3 is 9.84 Å². The van der Waals surface area contributed by atoms with E-state index in [0.717, 1.165) is 12.1 Å². The molecule has 6 nitrogen and oxygen atoms in total. The molecule has 2 aromatic rings. The van der Waals surface area contributed by atoms with E-state index < -0.39 is 16.7 Å². The summed E-state index contributed by atoms with van der Waals surface area (Å²) in [5, 5.41) is 19.9. The van der Waals surface area contributed by atoms with Crippen molar-refractivity contribution >= 4 is 11.7 Å². The first kappa shape index (κ1) is 14.4. The first-order valence-corrected chi connectivity index (χ1v) is 5.79. The molecule has 0 unspecified atom stereocenters. The van der Waals surface area contributed by atoms with E-state index in [9.17, 15) is 19.3 Å². The lowest BCUT2D eigenvalue weighted by Crippen LogP contribution is -1.99. The fourth-order valence-electron chi connectivity index (χ4n) is 1.85. The first-order valence-electron chi connectivity index (χ1n) is 5.79. The van der Waals surface area contributed by atoms with Gasteiger partial charge in [0.25, 0.3) is 5.69 Å². The van der Waals surface area contributed by atoms with Gasteiger partial charge >= 0.3 is 5.97 Å². The minimum absolute atomic E-state index is 0.0316. The highest BCUT2D eigenvalue weighted by atomic mass is 19.1. The number of carboxylic acid groups (broad SMARTS) is 1. The number of nitrogens with zero attached hydrogens (tertiary/aromatic N) is 1. The van der Waals surface area contributed by atoms with Crippen LogP contribution in [-0.4, -0.2) is 23.1 Å². The van der Waals surface area contributed by atoms with E-state index in [1.165, 1.54) is 31.4 Å². The number of hydrogen-bond acceptors (Lipinski definition) is 4. The molecule has 108 valence electrons. The Bertz CT molecular complexity index is 697. The van der Waals surface area contributed by atoms with E-state index in [0.29, 0.717) is 11.1 Å². The molecule has 0 saturated carbocycles. The number of nitro groups is 1. The van der Waals surface area contributed by atoms with Crippen molar-refractivity contribution in [3.05, 3.63) is 57.9 Å². The highest BCUT2D eigenvalue weighted by molar-refractivity contribution is 5.90. The van der Waals surface area contributed by atoms with Crippen LogP contribution in [0.5, 0.6) is 5.75 Å². The maximum Gasteiger partial charge on any atom is 0.335 e. The summed E-state index contributed by atoms with van der Waals surface area (Å²) < 4.78 is 18.2.